The molecule has 11 heteroatoms. The molecule has 210 valence electrons. The van der Waals surface area contributed by atoms with Crippen LogP contribution in [0.25, 0.3) is 0 Å². The largest absolute Gasteiger partial charge is 0.454 e. The summed E-state index contributed by atoms with van der Waals surface area (Å²) >= 11 is 0. The molecular formula is C31H22N2O9. The Morgan fingerprint density at radius 2 is 1.40 bits per heavy atom. The number of fused-ring (bicyclic) bond motifs is 5. The Morgan fingerprint density at radius 3 is 2.02 bits per heavy atom. The first kappa shape index (κ1) is 26.8. The SMILES string of the molecule is O=C(COC(=O)c1ccccc1N1C(=O)C2C3C=CC(C3)C2C1=O)c1ccc(OC(=O)c2ccc([N+](=O)[O-])cc2)cc1. The molecular weight excluding hydrogens is 544 g/mol. The summed E-state index contributed by atoms with van der Waals surface area (Å²) in [6.45, 7) is -0.601. The monoisotopic (exact) mass is 566 g/mol. The second-order valence-electron chi connectivity index (χ2n) is 10.2. The number of amides is 2. The topological polar surface area (TPSA) is 150 Å². The van der Waals surface area contributed by atoms with Gasteiger partial charge in [0, 0.05) is 17.7 Å². The smallest absolute Gasteiger partial charge is 0.343 e. The molecule has 3 aliphatic rings. The number of hydrogen-bond donors (Lipinski definition) is 0. The van der Waals surface area contributed by atoms with E-state index in [2.05, 4.69) is 0 Å². The van der Waals surface area contributed by atoms with Crippen LogP contribution in [0.5, 0.6) is 5.75 Å². The predicted molar refractivity (Wildman–Crippen MR) is 146 cm³/mol. The van der Waals surface area contributed by atoms with E-state index in [0.717, 1.165) is 11.3 Å². The zero-order valence-electron chi connectivity index (χ0n) is 21.9. The number of nitro groups is 1. The summed E-state index contributed by atoms with van der Waals surface area (Å²) in [5.41, 5.74) is 0.270. The van der Waals surface area contributed by atoms with Crippen LogP contribution in [0, 0.1) is 33.8 Å². The third-order valence-corrected chi connectivity index (χ3v) is 7.87. The molecule has 2 bridgehead atoms. The molecule has 0 N–H and O–H groups in total. The highest BCUT2D eigenvalue weighted by molar-refractivity contribution is 6.24. The van der Waals surface area contributed by atoms with Crippen molar-refractivity contribution >= 4 is 40.9 Å². The fraction of sp³-hybridized carbons (Fsp3) is 0.194. The van der Waals surface area contributed by atoms with Crippen LogP contribution in [-0.2, 0) is 14.3 Å². The van der Waals surface area contributed by atoms with Crippen molar-refractivity contribution in [3.63, 3.8) is 0 Å². The molecule has 6 rings (SSSR count). The molecule has 0 aromatic heterocycles. The van der Waals surface area contributed by atoms with Gasteiger partial charge in [-0.3, -0.25) is 24.5 Å². The highest BCUT2D eigenvalue weighted by Gasteiger charge is 2.59. The molecule has 2 fully saturated rings. The predicted octanol–water partition coefficient (Wildman–Crippen LogP) is 4.17. The molecule has 1 heterocycles. The lowest BCUT2D eigenvalue weighted by Gasteiger charge is -2.19. The summed E-state index contributed by atoms with van der Waals surface area (Å²) in [6, 6.07) is 16.6. The maximum absolute atomic E-state index is 13.2. The van der Waals surface area contributed by atoms with Crippen LogP contribution in [-0.4, -0.2) is 41.1 Å². The Balaban J connectivity index is 1.08. The summed E-state index contributed by atoms with van der Waals surface area (Å²) in [5, 5.41) is 10.8. The minimum atomic E-state index is -0.855. The van der Waals surface area contributed by atoms with Gasteiger partial charge in [-0.25, -0.2) is 14.5 Å². The van der Waals surface area contributed by atoms with E-state index in [4.69, 9.17) is 9.47 Å². The number of nitrogens with zero attached hydrogens (tertiary/aromatic N) is 2. The fourth-order valence-electron chi connectivity index (χ4n) is 5.87. The van der Waals surface area contributed by atoms with Gasteiger partial charge < -0.3 is 9.47 Å². The number of nitro benzene ring substituents is 1. The van der Waals surface area contributed by atoms with E-state index in [-0.39, 0.29) is 57.5 Å². The zero-order valence-corrected chi connectivity index (χ0v) is 21.9. The second-order valence-corrected chi connectivity index (χ2v) is 10.2. The van der Waals surface area contributed by atoms with Crippen LogP contribution in [0.1, 0.15) is 37.5 Å². The molecule has 42 heavy (non-hydrogen) atoms. The minimum Gasteiger partial charge on any atom is -0.454 e. The van der Waals surface area contributed by atoms with E-state index in [1.165, 1.54) is 60.7 Å². The number of esters is 2. The number of Topliss-reactive ketones (excluding diaryl/α,β-unsaturated/α-hetero) is 1. The van der Waals surface area contributed by atoms with Crippen molar-refractivity contribution in [3.8, 4) is 5.75 Å². The van der Waals surface area contributed by atoms with Gasteiger partial charge in [-0.2, -0.15) is 0 Å². The van der Waals surface area contributed by atoms with Gasteiger partial charge in [0.25, 0.3) is 5.69 Å². The second kappa shape index (κ2) is 10.5. The third kappa shape index (κ3) is 4.64. The number of para-hydroxylation sites is 1. The maximum Gasteiger partial charge on any atom is 0.343 e. The van der Waals surface area contributed by atoms with E-state index in [1.54, 1.807) is 12.1 Å². The summed E-state index contributed by atoms with van der Waals surface area (Å²) < 4.78 is 10.5. The summed E-state index contributed by atoms with van der Waals surface area (Å²) in [5.74, 6) is -3.44. The van der Waals surface area contributed by atoms with E-state index in [1.807, 2.05) is 12.2 Å². The molecule has 0 spiro atoms. The number of non-ortho nitro benzene ring substituents is 1. The Bertz CT molecular complexity index is 1650. The number of allylic oxidation sites excluding steroid dienone is 2. The normalized spacial score (nSPS) is 21.8. The number of hydrogen-bond acceptors (Lipinski definition) is 9. The molecule has 11 nitrogen and oxygen atoms in total. The van der Waals surface area contributed by atoms with Crippen LogP contribution < -0.4 is 9.64 Å². The lowest BCUT2D eigenvalue weighted by Crippen LogP contribution is -2.34. The van der Waals surface area contributed by atoms with Crippen molar-refractivity contribution < 1.29 is 38.4 Å². The molecule has 1 saturated heterocycles. The molecule has 4 unspecified atom stereocenters. The first-order chi connectivity index (χ1) is 20.2. The number of benzene rings is 3. The Hall–Kier alpha value is -5.45. The number of carbonyl (C=O) groups is 5. The molecule has 3 aromatic rings. The Kier molecular flexibility index (Phi) is 6.69. The summed E-state index contributed by atoms with van der Waals surface area (Å²) in [6.07, 6.45) is 4.76. The summed E-state index contributed by atoms with van der Waals surface area (Å²) in [7, 11) is 0. The number of rotatable bonds is 8. The van der Waals surface area contributed by atoms with Gasteiger partial charge in [-0.15, -0.1) is 0 Å². The lowest BCUT2D eigenvalue weighted by molar-refractivity contribution is -0.384. The molecule has 2 amide bonds. The molecule has 1 aliphatic heterocycles. The fourth-order valence-corrected chi connectivity index (χ4v) is 5.87. The van der Waals surface area contributed by atoms with Gasteiger partial charge in [-0.1, -0.05) is 24.3 Å². The van der Waals surface area contributed by atoms with Crippen molar-refractivity contribution in [3.05, 3.63) is 112 Å². The highest BCUT2D eigenvalue weighted by Crippen LogP contribution is 2.53. The average molecular weight is 567 g/mol. The van der Waals surface area contributed by atoms with E-state index in [0.29, 0.717) is 0 Å². The number of carbonyl (C=O) groups excluding carboxylic acids is 5. The van der Waals surface area contributed by atoms with Crippen LogP contribution in [0.15, 0.2) is 84.9 Å². The van der Waals surface area contributed by atoms with Gasteiger partial charge in [0.2, 0.25) is 11.8 Å². The van der Waals surface area contributed by atoms with Gasteiger partial charge in [0.1, 0.15) is 5.75 Å². The Morgan fingerprint density at radius 1 is 0.810 bits per heavy atom. The molecule has 0 radical (unpaired) electrons. The zero-order chi connectivity index (χ0) is 29.5. The van der Waals surface area contributed by atoms with Crippen molar-refractivity contribution in [1.82, 2.24) is 0 Å². The molecule has 2 aliphatic carbocycles. The van der Waals surface area contributed by atoms with Crippen LogP contribution >= 0.6 is 0 Å². The van der Waals surface area contributed by atoms with Crippen molar-refractivity contribution in [1.29, 1.82) is 0 Å². The lowest BCUT2D eigenvalue weighted by atomic mass is 9.85. The number of anilines is 1. The minimum absolute atomic E-state index is 0.000726. The van der Waals surface area contributed by atoms with Gasteiger partial charge in [0.05, 0.1) is 33.6 Å². The highest BCUT2D eigenvalue weighted by atomic mass is 16.6. The summed E-state index contributed by atoms with van der Waals surface area (Å²) in [4.78, 5) is 75.8. The van der Waals surface area contributed by atoms with Crippen molar-refractivity contribution in [2.75, 3.05) is 11.5 Å². The quantitative estimate of drug-likeness (QED) is 0.0744. The average Bonchev–Trinajstić information content (AvgIpc) is 3.69. The molecule has 3 aromatic carbocycles. The third-order valence-electron chi connectivity index (χ3n) is 7.87. The van der Waals surface area contributed by atoms with Gasteiger partial charge >= 0.3 is 11.9 Å². The Labute approximate surface area is 238 Å². The molecule has 1 saturated carbocycles. The van der Waals surface area contributed by atoms with E-state index >= 15 is 0 Å². The van der Waals surface area contributed by atoms with Gasteiger partial charge in [-0.05, 0) is 66.8 Å². The van der Waals surface area contributed by atoms with E-state index in [9.17, 15) is 34.1 Å². The van der Waals surface area contributed by atoms with Crippen molar-refractivity contribution in [2.45, 2.75) is 6.42 Å². The number of ketones is 1. The van der Waals surface area contributed by atoms with E-state index < -0.39 is 41.1 Å². The first-order valence-corrected chi connectivity index (χ1v) is 13.1. The van der Waals surface area contributed by atoms with Crippen LogP contribution in [0.4, 0.5) is 11.4 Å². The van der Waals surface area contributed by atoms with Crippen molar-refractivity contribution in [2.24, 2.45) is 23.7 Å². The standard InChI is InChI=1S/C31H22N2O9/c34-25(17-9-13-22(14-10-17)42-30(37)18-7-11-21(12-8-18)33(39)40)16-41-31(38)23-3-1-2-4-24(23)32-28(35)26-19-5-6-20(15-19)27(26)29(32)36/h1-14,19-20,26-27H,15-16H2. The van der Waals surface area contributed by atoms with Crippen LogP contribution in [0.2, 0.25) is 0 Å². The first-order valence-electron chi connectivity index (χ1n) is 13.1. The maximum atomic E-state index is 13.2. The molecule has 4 atom stereocenters. The number of ether oxygens (including phenoxy) is 2. The van der Waals surface area contributed by atoms with Gasteiger partial charge in [0.15, 0.2) is 12.4 Å². The number of imide groups is 1. The van der Waals surface area contributed by atoms with Crippen LogP contribution in [0.3, 0.4) is 0 Å².